The minimum atomic E-state index is -0.254. The van der Waals surface area contributed by atoms with Crippen molar-refractivity contribution >= 4 is 5.97 Å². The summed E-state index contributed by atoms with van der Waals surface area (Å²) < 4.78 is 5.42. The molecule has 2 aliphatic carbocycles. The van der Waals surface area contributed by atoms with Gasteiger partial charge in [0.05, 0.1) is 6.10 Å². The predicted octanol–water partition coefficient (Wildman–Crippen LogP) is 2.36. The predicted molar refractivity (Wildman–Crippen MR) is 67.8 cm³/mol. The van der Waals surface area contributed by atoms with Gasteiger partial charge in [-0.15, -0.1) is 0 Å². The van der Waals surface area contributed by atoms with Gasteiger partial charge in [-0.05, 0) is 38.0 Å². The fraction of sp³-hybridized carbons (Fsp3) is 0.667. The van der Waals surface area contributed by atoms with Gasteiger partial charge in [0.1, 0.15) is 6.10 Å². The molecule has 1 saturated heterocycles. The smallest absolute Gasteiger partial charge is 0.334 e. The van der Waals surface area contributed by atoms with Crippen LogP contribution >= 0.6 is 0 Å². The van der Waals surface area contributed by atoms with Crippen molar-refractivity contribution in [2.75, 3.05) is 0 Å². The Kier molecular flexibility index (Phi) is 2.46. The number of rotatable bonds is 0. The van der Waals surface area contributed by atoms with Crippen LogP contribution in [0.3, 0.4) is 0 Å². The van der Waals surface area contributed by atoms with Crippen molar-refractivity contribution in [1.29, 1.82) is 0 Å². The third-order valence-electron chi connectivity index (χ3n) is 4.96. The van der Waals surface area contributed by atoms with Crippen molar-refractivity contribution in [3.63, 3.8) is 0 Å². The van der Waals surface area contributed by atoms with Crippen molar-refractivity contribution in [3.8, 4) is 0 Å². The van der Waals surface area contributed by atoms with Gasteiger partial charge in [-0.25, -0.2) is 4.79 Å². The third kappa shape index (κ3) is 1.57. The van der Waals surface area contributed by atoms with Gasteiger partial charge in [0.15, 0.2) is 0 Å². The summed E-state index contributed by atoms with van der Waals surface area (Å²) in [7, 11) is 0. The number of aliphatic hydroxyl groups is 1. The molecule has 2 fully saturated rings. The van der Waals surface area contributed by atoms with Crippen molar-refractivity contribution in [1.82, 2.24) is 0 Å². The van der Waals surface area contributed by atoms with Gasteiger partial charge >= 0.3 is 5.97 Å². The first-order valence-corrected chi connectivity index (χ1v) is 6.67. The highest BCUT2D eigenvalue weighted by Gasteiger charge is 2.50. The lowest BCUT2D eigenvalue weighted by Gasteiger charge is -2.46. The molecule has 0 aromatic carbocycles. The first kappa shape index (κ1) is 12.0. The lowest BCUT2D eigenvalue weighted by molar-refractivity contribution is -0.140. The van der Waals surface area contributed by atoms with Crippen LogP contribution in [0, 0.1) is 11.3 Å². The zero-order valence-electron chi connectivity index (χ0n) is 11.0. The number of allylic oxidation sites excluding steroid dienone is 1. The monoisotopic (exact) mass is 248 g/mol. The number of fused-ring (bicyclic) bond motifs is 2. The molecule has 4 atom stereocenters. The Bertz CT molecular complexity index is 462. The maximum atomic E-state index is 11.6. The van der Waals surface area contributed by atoms with E-state index in [-0.39, 0.29) is 29.5 Å². The Hall–Kier alpha value is -1.09. The summed E-state index contributed by atoms with van der Waals surface area (Å²) in [5, 5.41) is 9.97. The Morgan fingerprint density at radius 3 is 2.83 bits per heavy atom. The number of ether oxygens (including phenoxy) is 1. The molecule has 3 rings (SSSR count). The standard InChI is InChI=1S/C15H20O3/c1-8-4-10(16)6-15(3)7-13-11(5-12(8)15)9(2)14(17)18-13/h10-11,13,16H,2,4-7H2,1,3H3. The largest absolute Gasteiger partial charge is 0.458 e. The second kappa shape index (κ2) is 3.70. The first-order chi connectivity index (χ1) is 8.40. The lowest BCUT2D eigenvalue weighted by Crippen LogP contribution is -2.41. The highest BCUT2D eigenvalue weighted by molar-refractivity contribution is 5.91. The van der Waals surface area contributed by atoms with E-state index in [0.29, 0.717) is 5.57 Å². The molecule has 0 bridgehead atoms. The molecule has 3 aliphatic rings. The third-order valence-corrected chi connectivity index (χ3v) is 4.96. The van der Waals surface area contributed by atoms with E-state index >= 15 is 0 Å². The second-order valence-corrected chi connectivity index (χ2v) is 6.37. The van der Waals surface area contributed by atoms with Crippen molar-refractivity contribution in [2.24, 2.45) is 11.3 Å². The summed E-state index contributed by atoms with van der Waals surface area (Å²) in [6, 6.07) is 0. The number of hydrogen-bond donors (Lipinski definition) is 1. The Labute approximate surface area is 108 Å². The van der Waals surface area contributed by atoms with Crippen LogP contribution in [0.2, 0.25) is 0 Å². The SMILES string of the molecule is C=C1C(=O)OC2CC3(C)CC(O)CC(C)=C3CC12. The number of aliphatic hydroxyl groups excluding tert-OH is 1. The molecule has 3 nitrogen and oxygen atoms in total. The summed E-state index contributed by atoms with van der Waals surface area (Å²) in [6.45, 7) is 8.17. The average Bonchev–Trinajstić information content (AvgIpc) is 2.50. The zero-order chi connectivity index (χ0) is 13.1. The van der Waals surface area contributed by atoms with Crippen molar-refractivity contribution in [2.45, 2.75) is 51.7 Å². The minimum Gasteiger partial charge on any atom is -0.458 e. The molecule has 98 valence electrons. The van der Waals surface area contributed by atoms with Crippen LogP contribution in [0.15, 0.2) is 23.3 Å². The van der Waals surface area contributed by atoms with Gasteiger partial charge in [0.2, 0.25) is 0 Å². The highest BCUT2D eigenvalue weighted by atomic mass is 16.6. The van der Waals surface area contributed by atoms with E-state index in [0.717, 1.165) is 25.7 Å². The molecule has 1 N–H and O–H groups in total. The maximum Gasteiger partial charge on any atom is 0.334 e. The normalized spacial score (nSPS) is 43.6. The molecule has 1 aliphatic heterocycles. The van der Waals surface area contributed by atoms with Crippen LogP contribution in [0.4, 0.5) is 0 Å². The quantitative estimate of drug-likeness (QED) is 0.406. The van der Waals surface area contributed by atoms with Gasteiger partial charge in [-0.1, -0.05) is 24.6 Å². The maximum absolute atomic E-state index is 11.6. The number of hydrogen-bond acceptors (Lipinski definition) is 3. The summed E-state index contributed by atoms with van der Waals surface area (Å²) in [4.78, 5) is 11.6. The lowest BCUT2D eigenvalue weighted by atomic mass is 9.60. The summed E-state index contributed by atoms with van der Waals surface area (Å²) in [5.41, 5.74) is 3.34. The van der Waals surface area contributed by atoms with Crippen LogP contribution in [0.5, 0.6) is 0 Å². The molecule has 0 aromatic rings. The van der Waals surface area contributed by atoms with Gasteiger partial charge in [0, 0.05) is 11.5 Å². The fourth-order valence-electron chi connectivity index (χ4n) is 4.11. The van der Waals surface area contributed by atoms with Gasteiger partial charge < -0.3 is 9.84 Å². The number of carbonyl (C=O) groups is 1. The molecule has 0 radical (unpaired) electrons. The average molecular weight is 248 g/mol. The number of esters is 1. The molecule has 0 amide bonds. The molecule has 1 heterocycles. The molecule has 0 spiro atoms. The highest BCUT2D eigenvalue weighted by Crippen LogP contribution is 2.54. The Morgan fingerprint density at radius 2 is 2.11 bits per heavy atom. The second-order valence-electron chi connectivity index (χ2n) is 6.37. The molecule has 1 saturated carbocycles. The van der Waals surface area contributed by atoms with E-state index in [2.05, 4.69) is 20.4 Å². The topological polar surface area (TPSA) is 46.5 Å². The van der Waals surface area contributed by atoms with Crippen LogP contribution < -0.4 is 0 Å². The van der Waals surface area contributed by atoms with E-state index in [1.165, 1.54) is 11.1 Å². The number of carbonyl (C=O) groups excluding carboxylic acids is 1. The van der Waals surface area contributed by atoms with E-state index < -0.39 is 0 Å². The van der Waals surface area contributed by atoms with E-state index in [9.17, 15) is 9.90 Å². The molecule has 0 aromatic heterocycles. The fourth-order valence-corrected chi connectivity index (χ4v) is 4.11. The first-order valence-electron chi connectivity index (χ1n) is 6.67. The summed E-state index contributed by atoms with van der Waals surface area (Å²) in [5.74, 6) is -0.0724. The summed E-state index contributed by atoms with van der Waals surface area (Å²) >= 11 is 0. The molecule has 3 heteroatoms. The van der Waals surface area contributed by atoms with Crippen LogP contribution in [0.1, 0.15) is 39.5 Å². The van der Waals surface area contributed by atoms with Crippen LogP contribution in [-0.2, 0) is 9.53 Å². The van der Waals surface area contributed by atoms with Gasteiger partial charge in [-0.2, -0.15) is 0 Å². The Morgan fingerprint density at radius 1 is 1.39 bits per heavy atom. The van der Waals surface area contributed by atoms with Crippen LogP contribution in [0.25, 0.3) is 0 Å². The molecular weight excluding hydrogens is 228 g/mol. The van der Waals surface area contributed by atoms with Crippen LogP contribution in [-0.4, -0.2) is 23.3 Å². The van der Waals surface area contributed by atoms with Crippen molar-refractivity contribution in [3.05, 3.63) is 23.3 Å². The zero-order valence-corrected chi connectivity index (χ0v) is 11.0. The van der Waals surface area contributed by atoms with Gasteiger partial charge in [-0.3, -0.25) is 0 Å². The molecular formula is C15H20O3. The van der Waals surface area contributed by atoms with E-state index in [1.807, 2.05) is 0 Å². The molecule has 4 unspecified atom stereocenters. The summed E-state index contributed by atoms with van der Waals surface area (Å²) in [6.07, 6.45) is 2.97. The van der Waals surface area contributed by atoms with E-state index in [1.54, 1.807) is 0 Å². The van der Waals surface area contributed by atoms with Gasteiger partial charge in [0.25, 0.3) is 0 Å². The minimum absolute atomic E-state index is 0.00613. The van der Waals surface area contributed by atoms with E-state index in [4.69, 9.17) is 4.74 Å². The Balaban J connectivity index is 1.98. The molecule has 18 heavy (non-hydrogen) atoms. The van der Waals surface area contributed by atoms with Crippen molar-refractivity contribution < 1.29 is 14.6 Å².